The Labute approximate surface area is 160 Å². The smallest absolute Gasteiger partial charge is 0.239 e. The van der Waals surface area contributed by atoms with Gasteiger partial charge in [-0.1, -0.05) is 57.2 Å². The molecular weight excluding hydrogens is 367 g/mol. The Morgan fingerprint density at radius 3 is 2.26 bits per heavy atom. The van der Waals surface area contributed by atoms with Crippen LogP contribution in [-0.4, -0.2) is 31.4 Å². The van der Waals surface area contributed by atoms with Gasteiger partial charge in [0.2, 0.25) is 15.9 Å². The zero-order valence-electron chi connectivity index (χ0n) is 16.0. The molecule has 0 heterocycles. The van der Waals surface area contributed by atoms with Crippen LogP contribution in [-0.2, 0) is 26.8 Å². The molecule has 0 spiro atoms. The third-order valence-electron chi connectivity index (χ3n) is 4.10. The predicted octanol–water partition coefficient (Wildman–Crippen LogP) is 3.52. The Hall–Kier alpha value is -2.25. The summed E-state index contributed by atoms with van der Waals surface area (Å²) in [6, 6.07) is 13.3. The van der Waals surface area contributed by atoms with Crippen LogP contribution in [0.4, 0.5) is 10.1 Å². The van der Waals surface area contributed by atoms with Crippen molar-refractivity contribution in [3.8, 4) is 0 Å². The number of anilines is 1. The van der Waals surface area contributed by atoms with Crippen molar-refractivity contribution in [2.24, 2.45) is 0 Å². The van der Waals surface area contributed by atoms with E-state index in [1.54, 1.807) is 18.2 Å². The van der Waals surface area contributed by atoms with E-state index in [0.29, 0.717) is 5.69 Å². The van der Waals surface area contributed by atoms with Crippen molar-refractivity contribution in [1.82, 2.24) is 4.31 Å². The van der Waals surface area contributed by atoms with Crippen molar-refractivity contribution < 1.29 is 17.6 Å². The molecule has 0 radical (unpaired) electrons. The number of rotatable bonds is 6. The molecule has 0 aliphatic rings. The van der Waals surface area contributed by atoms with Crippen LogP contribution >= 0.6 is 0 Å². The molecule has 7 heteroatoms. The summed E-state index contributed by atoms with van der Waals surface area (Å²) in [6.07, 6.45) is 1.00. The number of benzene rings is 2. The number of hydrogen-bond acceptors (Lipinski definition) is 3. The van der Waals surface area contributed by atoms with E-state index in [1.165, 1.54) is 18.2 Å². The summed E-state index contributed by atoms with van der Waals surface area (Å²) < 4.78 is 39.0. The Bertz CT molecular complexity index is 921. The van der Waals surface area contributed by atoms with E-state index in [2.05, 4.69) is 5.32 Å². The molecule has 2 aromatic rings. The minimum atomic E-state index is -3.70. The van der Waals surface area contributed by atoms with E-state index < -0.39 is 28.3 Å². The second-order valence-corrected chi connectivity index (χ2v) is 9.45. The molecule has 2 rings (SSSR count). The minimum absolute atomic E-state index is 0.187. The molecule has 0 atom stereocenters. The molecule has 146 valence electrons. The van der Waals surface area contributed by atoms with Crippen LogP contribution in [0.15, 0.2) is 48.5 Å². The minimum Gasteiger partial charge on any atom is -0.325 e. The van der Waals surface area contributed by atoms with Gasteiger partial charge in [-0.05, 0) is 23.1 Å². The fourth-order valence-corrected chi connectivity index (χ4v) is 3.43. The zero-order valence-corrected chi connectivity index (χ0v) is 16.8. The quantitative estimate of drug-likeness (QED) is 0.818. The SMILES string of the molecule is CC(C)(C)c1ccccc1NC(=O)CN(Cc1ccccc1F)S(C)(=O)=O. The van der Waals surface area contributed by atoms with Crippen molar-refractivity contribution in [2.45, 2.75) is 32.7 Å². The Morgan fingerprint density at radius 2 is 1.67 bits per heavy atom. The van der Waals surface area contributed by atoms with Crippen molar-refractivity contribution >= 4 is 21.6 Å². The highest BCUT2D eigenvalue weighted by molar-refractivity contribution is 7.88. The standard InChI is InChI=1S/C20H25FN2O3S/c1-20(2,3)16-10-6-8-12-18(16)22-19(24)14-23(27(4,25)26)13-15-9-5-7-11-17(15)21/h5-12H,13-14H2,1-4H3,(H,22,24). The first kappa shape index (κ1) is 21.1. The lowest BCUT2D eigenvalue weighted by Crippen LogP contribution is -2.37. The Kier molecular flexibility index (Phi) is 6.38. The maximum Gasteiger partial charge on any atom is 0.239 e. The molecule has 1 N–H and O–H groups in total. The maximum atomic E-state index is 13.9. The largest absolute Gasteiger partial charge is 0.325 e. The molecule has 0 saturated carbocycles. The molecular formula is C20H25FN2O3S. The highest BCUT2D eigenvalue weighted by atomic mass is 32.2. The van der Waals surface area contributed by atoms with E-state index in [9.17, 15) is 17.6 Å². The van der Waals surface area contributed by atoms with Crippen LogP contribution in [0, 0.1) is 5.82 Å². The van der Waals surface area contributed by atoms with Gasteiger partial charge in [0.1, 0.15) is 5.82 Å². The van der Waals surface area contributed by atoms with Crippen molar-refractivity contribution in [1.29, 1.82) is 0 Å². The second-order valence-electron chi connectivity index (χ2n) is 7.47. The summed E-state index contributed by atoms with van der Waals surface area (Å²) in [7, 11) is -3.70. The number of sulfonamides is 1. The van der Waals surface area contributed by atoms with Gasteiger partial charge in [-0.3, -0.25) is 4.79 Å². The van der Waals surface area contributed by atoms with Crippen LogP contribution in [0.1, 0.15) is 31.9 Å². The third-order valence-corrected chi connectivity index (χ3v) is 5.30. The van der Waals surface area contributed by atoms with Crippen molar-refractivity contribution in [2.75, 3.05) is 18.1 Å². The van der Waals surface area contributed by atoms with E-state index in [1.807, 2.05) is 32.9 Å². The molecule has 1 amide bonds. The summed E-state index contributed by atoms with van der Waals surface area (Å²) in [6.45, 7) is 5.47. The Morgan fingerprint density at radius 1 is 1.07 bits per heavy atom. The molecule has 5 nitrogen and oxygen atoms in total. The highest BCUT2D eigenvalue weighted by Gasteiger charge is 2.23. The number of hydrogen-bond donors (Lipinski definition) is 1. The molecule has 0 saturated heterocycles. The molecule has 27 heavy (non-hydrogen) atoms. The van der Waals surface area contributed by atoms with Crippen LogP contribution in [0.25, 0.3) is 0 Å². The van der Waals surface area contributed by atoms with Crippen LogP contribution in [0.2, 0.25) is 0 Å². The first-order valence-corrected chi connectivity index (χ1v) is 10.4. The van der Waals surface area contributed by atoms with Crippen molar-refractivity contribution in [3.63, 3.8) is 0 Å². The number of carbonyl (C=O) groups excluding carboxylic acids is 1. The second kappa shape index (κ2) is 8.19. The maximum absolute atomic E-state index is 13.9. The molecule has 0 fully saturated rings. The number of carbonyl (C=O) groups is 1. The van der Waals surface area contributed by atoms with Gasteiger partial charge in [0.15, 0.2) is 0 Å². The third kappa shape index (κ3) is 5.87. The highest BCUT2D eigenvalue weighted by Crippen LogP contribution is 2.29. The zero-order chi connectivity index (χ0) is 20.2. The molecule has 0 aromatic heterocycles. The van der Waals surface area contributed by atoms with Gasteiger partial charge in [0.05, 0.1) is 12.8 Å². The summed E-state index contributed by atoms with van der Waals surface area (Å²) in [5.41, 5.74) is 1.60. The number of halogens is 1. The van der Waals surface area contributed by atoms with Gasteiger partial charge in [-0.2, -0.15) is 4.31 Å². The molecule has 0 aliphatic heterocycles. The average molecular weight is 392 g/mol. The molecule has 0 unspecified atom stereocenters. The normalized spacial score (nSPS) is 12.2. The van der Waals surface area contributed by atoms with Gasteiger partial charge in [-0.25, -0.2) is 12.8 Å². The lowest BCUT2D eigenvalue weighted by molar-refractivity contribution is -0.116. The van der Waals surface area contributed by atoms with E-state index in [4.69, 9.17) is 0 Å². The fraction of sp³-hybridized carbons (Fsp3) is 0.350. The number of nitrogens with zero attached hydrogens (tertiary/aromatic N) is 1. The molecule has 0 bridgehead atoms. The summed E-state index contributed by atoms with van der Waals surface area (Å²) in [5, 5.41) is 2.78. The van der Waals surface area contributed by atoms with Gasteiger partial charge < -0.3 is 5.32 Å². The average Bonchev–Trinajstić information content (AvgIpc) is 2.54. The summed E-state index contributed by atoms with van der Waals surface area (Å²) in [4.78, 5) is 12.5. The van der Waals surface area contributed by atoms with Gasteiger partial charge >= 0.3 is 0 Å². The molecule has 0 aliphatic carbocycles. The van der Waals surface area contributed by atoms with Crippen LogP contribution in [0.5, 0.6) is 0 Å². The first-order valence-electron chi connectivity index (χ1n) is 8.56. The molecule has 2 aromatic carbocycles. The van der Waals surface area contributed by atoms with Crippen molar-refractivity contribution in [3.05, 3.63) is 65.5 Å². The summed E-state index contributed by atoms with van der Waals surface area (Å²) in [5.74, 6) is -0.988. The van der Waals surface area contributed by atoms with Crippen LogP contribution < -0.4 is 5.32 Å². The van der Waals surface area contributed by atoms with Gasteiger partial charge in [0.25, 0.3) is 0 Å². The fourth-order valence-electron chi connectivity index (χ4n) is 2.70. The lowest BCUT2D eigenvalue weighted by Gasteiger charge is -2.24. The Balaban J connectivity index is 2.20. The van der Waals surface area contributed by atoms with E-state index >= 15 is 0 Å². The number of amides is 1. The van der Waals surface area contributed by atoms with Gasteiger partial charge in [0, 0.05) is 17.8 Å². The monoisotopic (exact) mass is 392 g/mol. The lowest BCUT2D eigenvalue weighted by atomic mass is 9.86. The van der Waals surface area contributed by atoms with Gasteiger partial charge in [-0.15, -0.1) is 0 Å². The topological polar surface area (TPSA) is 66.5 Å². The first-order chi connectivity index (χ1) is 12.5. The van der Waals surface area contributed by atoms with Crippen LogP contribution in [0.3, 0.4) is 0 Å². The summed E-state index contributed by atoms with van der Waals surface area (Å²) >= 11 is 0. The number of nitrogens with one attached hydrogen (secondary N) is 1. The number of para-hydroxylation sites is 1. The van der Waals surface area contributed by atoms with E-state index in [-0.39, 0.29) is 17.5 Å². The predicted molar refractivity (Wildman–Crippen MR) is 105 cm³/mol. The van der Waals surface area contributed by atoms with E-state index in [0.717, 1.165) is 16.1 Å².